The lowest BCUT2D eigenvalue weighted by Crippen LogP contribution is -2.49. The first-order valence-corrected chi connectivity index (χ1v) is 6.64. The van der Waals surface area contributed by atoms with Crippen molar-refractivity contribution in [3.8, 4) is 0 Å². The van der Waals surface area contributed by atoms with Gasteiger partial charge in [0.05, 0.1) is 4.88 Å². The summed E-state index contributed by atoms with van der Waals surface area (Å²) >= 11 is 1.46. The van der Waals surface area contributed by atoms with E-state index in [0.29, 0.717) is 6.54 Å². The van der Waals surface area contributed by atoms with E-state index in [1.165, 1.54) is 18.3 Å². The SMILES string of the molecule is CC(=O)NC1CCCN(C(=O)c2cccs2)C1. The Morgan fingerprint density at radius 2 is 2.35 bits per heavy atom. The smallest absolute Gasteiger partial charge is 0.263 e. The second-order valence-corrected chi connectivity index (χ2v) is 5.22. The molecule has 1 unspecified atom stereocenters. The third kappa shape index (κ3) is 3.06. The number of carbonyl (C=O) groups is 2. The molecule has 17 heavy (non-hydrogen) atoms. The highest BCUT2D eigenvalue weighted by molar-refractivity contribution is 7.12. The molecular weight excluding hydrogens is 236 g/mol. The highest BCUT2D eigenvalue weighted by atomic mass is 32.1. The summed E-state index contributed by atoms with van der Waals surface area (Å²) in [6.07, 6.45) is 1.90. The van der Waals surface area contributed by atoms with E-state index in [0.717, 1.165) is 24.3 Å². The molecule has 0 bridgehead atoms. The summed E-state index contributed by atoms with van der Waals surface area (Å²) in [5.41, 5.74) is 0. The summed E-state index contributed by atoms with van der Waals surface area (Å²) in [7, 11) is 0. The van der Waals surface area contributed by atoms with E-state index >= 15 is 0 Å². The number of hydrogen-bond acceptors (Lipinski definition) is 3. The van der Waals surface area contributed by atoms with Gasteiger partial charge in [0.25, 0.3) is 5.91 Å². The van der Waals surface area contributed by atoms with Crippen LogP contribution in [0.1, 0.15) is 29.4 Å². The van der Waals surface area contributed by atoms with Gasteiger partial charge < -0.3 is 10.2 Å². The Morgan fingerprint density at radius 1 is 1.53 bits per heavy atom. The van der Waals surface area contributed by atoms with Gasteiger partial charge in [0.15, 0.2) is 0 Å². The summed E-state index contributed by atoms with van der Waals surface area (Å²) in [4.78, 5) is 25.7. The number of likely N-dealkylation sites (tertiary alicyclic amines) is 1. The fraction of sp³-hybridized carbons (Fsp3) is 0.500. The molecule has 0 radical (unpaired) electrons. The lowest BCUT2D eigenvalue weighted by Gasteiger charge is -2.32. The van der Waals surface area contributed by atoms with Crippen LogP contribution in [0, 0.1) is 0 Å². The van der Waals surface area contributed by atoms with Crippen LogP contribution in [0.2, 0.25) is 0 Å². The molecule has 1 atom stereocenters. The van der Waals surface area contributed by atoms with Crippen molar-refractivity contribution in [2.75, 3.05) is 13.1 Å². The van der Waals surface area contributed by atoms with E-state index in [2.05, 4.69) is 5.32 Å². The van der Waals surface area contributed by atoms with Crippen molar-refractivity contribution in [2.24, 2.45) is 0 Å². The lowest BCUT2D eigenvalue weighted by molar-refractivity contribution is -0.120. The Morgan fingerprint density at radius 3 is 3.00 bits per heavy atom. The first-order valence-electron chi connectivity index (χ1n) is 5.76. The van der Waals surface area contributed by atoms with E-state index in [1.54, 1.807) is 0 Å². The van der Waals surface area contributed by atoms with Crippen LogP contribution in [0.4, 0.5) is 0 Å². The van der Waals surface area contributed by atoms with Crippen LogP contribution in [0.5, 0.6) is 0 Å². The van der Waals surface area contributed by atoms with Crippen molar-refractivity contribution < 1.29 is 9.59 Å². The van der Waals surface area contributed by atoms with Gasteiger partial charge in [-0.1, -0.05) is 6.07 Å². The van der Waals surface area contributed by atoms with Gasteiger partial charge in [-0.15, -0.1) is 11.3 Å². The first kappa shape index (κ1) is 12.1. The van der Waals surface area contributed by atoms with Crippen molar-refractivity contribution in [2.45, 2.75) is 25.8 Å². The largest absolute Gasteiger partial charge is 0.352 e. The zero-order chi connectivity index (χ0) is 12.3. The third-order valence-corrected chi connectivity index (χ3v) is 3.71. The predicted molar refractivity (Wildman–Crippen MR) is 67.1 cm³/mol. The van der Waals surface area contributed by atoms with E-state index in [9.17, 15) is 9.59 Å². The van der Waals surface area contributed by atoms with Gasteiger partial charge in [0, 0.05) is 26.1 Å². The molecule has 1 aromatic rings. The Bertz CT molecular complexity index is 403. The van der Waals surface area contributed by atoms with Gasteiger partial charge in [-0.3, -0.25) is 9.59 Å². The second kappa shape index (κ2) is 5.31. The molecular formula is C12H16N2O2S. The molecule has 1 aliphatic rings. The molecule has 0 spiro atoms. The third-order valence-electron chi connectivity index (χ3n) is 2.85. The molecule has 2 rings (SSSR count). The van der Waals surface area contributed by atoms with Crippen molar-refractivity contribution in [3.05, 3.63) is 22.4 Å². The van der Waals surface area contributed by atoms with Crippen molar-refractivity contribution in [1.82, 2.24) is 10.2 Å². The van der Waals surface area contributed by atoms with Crippen molar-refractivity contribution in [3.63, 3.8) is 0 Å². The summed E-state index contributed by atoms with van der Waals surface area (Å²) in [6, 6.07) is 3.83. The number of hydrogen-bond donors (Lipinski definition) is 1. The van der Waals surface area contributed by atoms with Gasteiger partial charge in [0.1, 0.15) is 0 Å². The fourth-order valence-corrected chi connectivity index (χ4v) is 2.81. The average molecular weight is 252 g/mol. The number of carbonyl (C=O) groups excluding carboxylic acids is 2. The minimum Gasteiger partial charge on any atom is -0.352 e. The first-order chi connectivity index (χ1) is 8.16. The van der Waals surface area contributed by atoms with E-state index in [4.69, 9.17) is 0 Å². The number of rotatable bonds is 2. The van der Waals surface area contributed by atoms with Crippen molar-refractivity contribution in [1.29, 1.82) is 0 Å². The van der Waals surface area contributed by atoms with E-state index in [-0.39, 0.29) is 17.9 Å². The standard InChI is InChI=1S/C12H16N2O2S/c1-9(15)13-10-4-2-6-14(8-10)12(16)11-5-3-7-17-11/h3,5,7,10H,2,4,6,8H2,1H3,(H,13,15). The van der Waals surface area contributed by atoms with Gasteiger partial charge in [-0.25, -0.2) is 0 Å². The minimum absolute atomic E-state index is 0.0274. The molecule has 5 heteroatoms. The molecule has 1 saturated heterocycles. The zero-order valence-electron chi connectivity index (χ0n) is 9.81. The predicted octanol–water partition coefficient (Wildman–Crippen LogP) is 1.49. The fourth-order valence-electron chi connectivity index (χ4n) is 2.12. The molecule has 1 fully saturated rings. The molecule has 1 aliphatic heterocycles. The molecule has 0 saturated carbocycles. The Kier molecular flexibility index (Phi) is 3.78. The maximum atomic E-state index is 12.1. The summed E-state index contributed by atoms with van der Waals surface area (Å²) in [6.45, 7) is 2.92. The normalized spacial score (nSPS) is 20.1. The average Bonchev–Trinajstić information content (AvgIpc) is 2.81. The molecule has 0 aliphatic carbocycles. The number of thiophene rings is 1. The van der Waals surface area contributed by atoms with Gasteiger partial charge in [0.2, 0.25) is 5.91 Å². The van der Waals surface area contributed by atoms with Crippen LogP contribution >= 0.6 is 11.3 Å². The molecule has 1 aromatic heterocycles. The van der Waals surface area contributed by atoms with Gasteiger partial charge in [-0.05, 0) is 24.3 Å². The number of piperidine rings is 1. The Labute approximate surface area is 105 Å². The molecule has 2 amide bonds. The second-order valence-electron chi connectivity index (χ2n) is 4.27. The maximum Gasteiger partial charge on any atom is 0.263 e. The molecule has 1 N–H and O–H groups in total. The van der Waals surface area contributed by atoms with Gasteiger partial charge >= 0.3 is 0 Å². The summed E-state index contributed by atoms with van der Waals surface area (Å²) in [5, 5.41) is 4.79. The minimum atomic E-state index is -0.0274. The van der Waals surface area contributed by atoms with Crippen LogP contribution in [-0.4, -0.2) is 35.8 Å². The highest BCUT2D eigenvalue weighted by Gasteiger charge is 2.25. The summed E-state index contributed by atoms with van der Waals surface area (Å²) in [5.74, 6) is 0.0514. The topological polar surface area (TPSA) is 49.4 Å². The molecule has 4 nitrogen and oxygen atoms in total. The molecule has 0 aromatic carbocycles. The molecule has 2 heterocycles. The quantitative estimate of drug-likeness (QED) is 0.867. The maximum absolute atomic E-state index is 12.1. The molecule has 92 valence electrons. The van der Waals surface area contributed by atoms with E-state index < -0.39 is 0 Å². The van der Waals surface area contributed by atoms with Crippen LogP contribution in [-0.2, 0) is 4.79 Å². The van der Waals surface area contributed by atoms with Crippen LogP contribution < -0.4 is 5.32 Å². The van der Waals surface area contributed by atoms with Crippen LogP contribution in [0.25, 0.3) is 0 Å². The Hall–Kier alpha value is -1.36. The van der Waals surface area contributed by atoms with Gasteiger partial charge in [-0.2, -0.15) is 0 Å². The zero-order valence-corrected chi connectivity index (χ0v) is 10.6. The number of nitrogens with zero attached hydrogens (tertiary/aromatic N) is 1. The summed E-state index contributed by atoms with van der Waals surface area (Å²) < 4.78 is 0. The van der Waals surface area contributed by atoms with Crippen LogP contribution in [0.3, 0.4) is 0 Å². The highest BCUT2D eigenvalue weighted by Crippen LogP contribution is 2.16. The van der Waals surface area contributed by atoms with E-state index in [1.807, 2.05) is 22.4 Å². The van der Waals surface area contributed by atoms with Crippen molar-refractivity contribution >= 4 is 23.2 Å². The number of nitrogens with one attached hydrogen (secondary N) is 1. The lowest BCUT2D eigenvalue weighted by atomic mass is 10.1. The Balaban J connectivity index is 1.97. The van der Waals surface area contributed by atoms with Crippen LogP contribution in [0.15, 0.2) is 17.5 Å². The monoisotopic (exact) mass is 252 g/mol. The number of amides is 2.